The van der Waals surface area contributed by atoms with Crippen molar-refractivity contribution in [1.82, 2.24) is 9.97 Å². The van der Waals surface area contributed by atoms with Gasteiger partial charge in [-0.2, -0.15) is 0 Å². The Balaban J connectivity index is 1.71. The summed E-state index contributed by atoms with van der Waals surface area (Å²) in [5.74, 6) is 1.42. The normalized spacial score (nSPS) is 21.7. The van der Waals surface area contributed by atoms with Crippen LogP contribution < -0.4 is 0 Å². The van der Waals surface area contributed by atoms with Crippen molar-refractivity contribution in [2.75, 3.05) is 0 Å². The highest BCUT2D eigenvalue weighted by Crippen LogP contribution is 2.36. The van der Waals surface area contributed by atoms with Crippen molar-refractivity contribution in [2.24, 2.45) is 5.92 Å². The van der Waals surface area contributed by atoms with Crippen molar-refractivity contribution in [1.29, 1.82) is 0 Å². The number of nitrogens with zero attached hydrogens (tertiary/aromatic N) is 2. The Bertz CT molecular complexity index is 689. The first kappa shape index (κ1) is 16.1. The van der Waals surface area contributed by atoms with Crippen LogP contribution in [0.3, 0.4) is 0 Å². The highest BCUT2D eigenvalue weighted by molar-refractivity contribution is 6.31. The molecule has 0 saturated heterocycles. The van der Waals surface area contributed by atoms with Crippen molar-refractivity contribution in [3.63, 3.8) is 0 Å². The minimum Gasteiger partial charge on any atom is -0.236 e. The lowest BCUT2D eigenvalue weighted by Crippen LogP contribution is -2.12. The van der Waals surface area contributed by atoms with Crippen LogP contribution in [0.2, 0.25) is 5.02 Å². The van der Waals surface area contributed by atoms with Crippen LogP contribution in [0.4, 0.5) is 4.39 Å². The molecule has 1 heterocycles. The molecule has 0 unspecified atom stereocenters. The van der Waals surface area contributed by atoms with Crippen LogP contribution in [0.5, 0.6) is 0 Å². The topological polar surface area (TPSA) is 25.8 Å². The molecule has 1 aromatic carbocycles. The van der Waals surface area contributed by atoms with E-state index in [0.29, 0.717) is 11.7 Å². The molecular weight excluding hydrogens is 311 g/mol. The fraction of sp³-hybridized carbons (Fsp3) is 0.368. The number of allylic oxidation sites excluding steroid dienone is 2. The maximum absolute atomic E-state index is 13.2. The monoisotopic (exact) mass is 330 g/mol. The molecule has 0 aliphatic heterocycles. The molecule has 0 amide bonds. The molecule has 23 heavy (non-hydrogen) atoms. The minimum atomic E-state index is -0.426. The van der Waals surface area contributed by atoms with E-state index in [1.54, 1.807) is 12.1 Å². The Kier molecular flexibility index (Phi) is 5.06. The molecule has 0 bridgehead atoms. The van der Waals surface area contributed by atoms with Gasteiger partial charge in [-0.1, -0.05) is 23.8 Å². The molecule has 1 aliphatic rings. The third kappa shape index (κ3) is 3.78. The smallest absolute Gasteiger partial charge is 0.159 e. The van der Waals surface area contributed by atoms with Gasteiger partial charge in [0.15, 0.2) is 5.82 Å². The van der Waals surface area contributed by atoms with Crippen LogP contribution in [-0.4, -0.2) is 9.97 Å². The first-order chi connectivity index (χ1) is 11.2. The largest absolute Gasteiger partial charge is 0.236 e. The standard InChI is InChI=1S/C19H20ClFN2/c1-2-3-13-4-6-14(7-5-13)16-11-22-19(23-12-16)15-8-9-18(21)17(20)10-15/h2-3,8-14H,4-7H2,1H3. The molecule has 2 aromatic rings. The van der Waals surface area contributed by atoms with Crippen LogP contribution in [0.1, 0.15) is 44.1 Å². The van der Waals surface area contributed by atoms with Gasteiger partial charge in [-0.15, -0.1) is 0 Å². The van der Waals surface area contributed by atoms with E-state index in [-0.39, 0.29) is 5.02 Å². The van der Waals surface area contributed by atoms with E-state index in [1.807, 2.05) is 12.4 Å². The van der Waals surface area contributed by atoms with Gasteiger partial charge in [-0.25, -0.2) is 14.4 Å². The zero-order valence-corrected chi connectivity index (χ0v) is 13.9. The second-order valence-corrected chi connectivity index (χ2v) is 6.51. The predicted octanol–water partition coefficient (Wildman–Crippen LogP) is 5.79. The summed E-state index contributed by atoms with van der Waals surface area (Å²) in [4.78, 5) is 8.89. The molecule has 2 nitrogen and oxygen atoms in total. The van der Waals surface area contributed by atoms with Gasteiger partial charge in [-0.05, 0) is 68.2 Å². The fourth-order valence-electron chi connectivity index (χ4n) is 3.25. The summed E-state index contributed by atoms with van der Waals surface area (Å²) in [5.41, 5.74) is 1.93. The average molecular weight is 331 g/mol. The zero-order chi connectivity index (χ0) is 16.2. The molecular formula is C19H20ClFN2. The Labute approximate surface area is 141 Å². The highest BCUT2D eigenvalue weighted by Gasteiger charge is 2.21. The fourth-order valence-corrected chi connectivity index (χ4v) is 3.43. The second-order valence-electron chi connectivity index (χ2n) is 6.11. The SMILES string of the molecule is CC=CC1CCC(c2cnc(-c3ccc(F)c(Cl)c3)nc2)CC1. The van der Waals surface area contributed by atoms with E-state index in [4.69, 9.17) is 11.6 Å². The van der Waals surface area contributed by atoms with E-state index in [1.165, 1.54) is 37.3 Å². The number of benzene rings is 1. The van der Waals surface area contributed by atoms with E-state index >= 15 is 0 Å². The highest BCUT2D eigenvalue weighted by atomic mass is 35.5. The molecule has 3 rings (SSSR count). The number of rotatable bonds is 3. The number of hydrogen-bond donors (Lipinski definition) is 0. The number of aromatic nitrogens is 2. The maximum atomic E-state index is 13.2. The van der Waals surface area contributed by atoms with Gasteiger partial charge in [-0.3, -0.25) is 0 Å². The third-order valence-corrected chi connectivity index (χ3v) is 4.85. The molecule has 0 N–H and O–H groups in total. The first-order valence-electron chi connectivity index (χ1n) is 8.07. The van der Waals surface area contributed by atoms with Crippen molar-refractivity contribution >= 4 is 11.6 Å². The molecule has 1 saturated carbocycles. The van der Waals surface area contributed by atoms with Crippen LogP contribution in [0.25, 0.3) is 11.4 Å². The quantitative estimate of drug-likeness (QED) is 0.666. The van der Waals surface area contributed by atoms with Crippen LogP contribution in [0.15, 0.2) is 42.7 Å². The van der Waals surface area contributed by atoms with Gasteiger partial charge in [0.25, 0.3) is 0 Å². The van der Waals surface area contributed by atoms with Gasteiger partial charge in [0, 0.05) is 18.0 Å². The zero-order valence-electron chi connectivity index (χ0n) is 13.2. The minimum absolute atomic E-state index is 0.0949. The third-order valence-electron chi connectivity index (χ3n) is 4.56. The lowest BCUT2D eigenvalue weighted by atomic mass is 9.79. The van der Waals surface area contributed by atoms with Crippen molar-refractivity contribution in [2.45, 2.75) is 38.5 Å². The molecule has 4 heteroatoms. The predicted molar refractivity (Wildman–Crippen MR) is 91.9 cm³/mol. The van der Waals surface area contributed by atoms with E-state index in [2.05, 4.69) is 29.0 Å². The van der Waals surface area contributed by atoms with Crippen molar-refractivity contribution < 1.29 is 4.39 Å². The second kappa shape index (κ2) is 7.22. The van der Waals surface area contributed by atoms with Crippen LogP contribution >= 0.6 is 11.6 Å². The van der Waals surface area contributed by atoms with E-state index < -0.39 is 5.82 Å². The van der Waals surface area contributed by atoms with Gasteiger partial charge < -0.3 is 0 Å². The summed E-state index contributed by atoms with van der Waals surface area (Å²) in [5, 5.41) is 0.0949. The molecule has 0 radical (unpaired) electrons. The van der Waals surface area contributed by atoms with E-state index in [0.717, 1.165) is 11.5 Å². The van der Waals surface area contributed by atoms with Gasteiger partial charge in [0.2, 0.25) is 0 Å². The summed E-state index contributed by atoms with van der Waals surface area (Å²) in [6, 6.07) is 4.56. The van der Waals surface area contributed by atoms with Crippen LogP contribution in [-0.2, 0) is 0 Å². The summed E-state index contributed by atoms with van der Waals surface area (Å²) in [6.45, 7) is 2.08. The van der Waals surface area contributed by atoms with Gasteiger partial charge >= 0.3 is 0 Å². The molecule has 1 fully saturated rings. The molecule has 1 aromatic heterocycles. The maximum Gasteiger partial charge on any atom is 0.159 e. The molecule has 0 spiro atoms. The van der Waals surface area contributed by atoms with Gasteiger partial charge in [0.05, 0.1) is 5.02 Å². The first-order valence-corrected chi connectivity index (χ1v) is 8.45. The summed E-state index contributed by atoms with van der Waals surface area (Å²) in [6.07, 6.45) is 13.1. The lowest BCUT2D eigenvalue weighted by Gasteiger charge is -2.26. The Morgan fingerprint density at radius 3 is 2.43 bits per heavy atom. The number of halogens is 2. The molecule has 120 valence electrons. The summed E-state index contributed by atoms with van der Waals surface area (Å²) < 4.78 is 13.2. The van der Waals surface area contributed by atoms with Crippen molar-refractivity contribution in [3.8, 4) is 11.4 Å². The average Bonchev–Trinajstić information content (AvgIpc) is 2.59. The molecule has 0 atom stereocenters. The summed E-state index contributed by atoms with van der Waals surface area (Å²) in [7, 11) is 0. The van der Waals surface area contributed by atoms with E-state index in [9.17, 15) is 4.39 Å². The Hall–Kier alpha value is -1.74. The van der Waals surface area contributed by atoms with Gasteiger partial charge in [0.1, 0.15) is 5.82 Å². The lowest BCUT2D eigenvalue weighted by molar-refractivity contribution is 0.375. The van der Waals surface area contributed by atoms with Crippen molar-refractivity contribution in [3.05, 3.63) is 59.1 Å². The number of hydrogen-bond acceptors (Lipinski definition) is 2. The Morgan fingerprint density at radius 1 is 1.13 bits per heavy atom. The van der Waals surface area contributed by atoms with Crippen LogP contribution in [0, 0.1) is 11.7 Å². The molecule has 1 aliphatic carbocycles. The summed E-state index contributed by atoms with van der Waals surface area (Å²) >= 11 is 5.82. The Morgan fingerprint density at radius 2 is 1.83 bits per heavy atom.